The van der Waals surface area contributed by atoms with Crippen molar-refractivity contribution in [1.29, 1.82) is 0 Å². The van der Waals surface area contributed by atoms with Crippen molar-refractivity contribution in [3.63, 3.8) is 0 Å². The van der Waals surface area contributed by atoms with Crippen LogP contribution in [-0.2, 0) is 44.8 Å². The van der Waals surface area contributed by atoms with Crippen molar-refractivity contribution in [1.82, 2.24) is 21.3 Å². The van der Waals surface area contributed by atoms with E-state index in [-0.39, 0.29) is 74.7 Å². The van der Waals surface area contributed by atoms with Gasteiger partial charge in [0.15, 0.2) is 0 Å². The molecule has 17 heteroatoms. The summed E-state index contributed by atoms with van der Waals surface area (Å²) >= 11 is 0. The Morgan fingerprint density at radius 2 is 1.69 bits per heavy atom. The van der Waals surface area contributed by atoms with E-state index >= 15 is 0 Å². The van der Waals surface area contributed by atoms with Crippen LogP contribution in [0.25, 0.3) is 0 Å². The summed E-state index contributed by atoms with van der Waals surface area (Å²) in [5.41, 5.74) is 4.91. The summed E-state index contributed by atoms with van der Waals surface area (Å²) in [4.78, 5) is 68.5. The topological polar surface area (TPSA) is 257 Å². The Hall–Kier alpha value is -4.32. The number of nitrogens with one attached hydrogen (secondary N) is 5. The zero-order valence-corrected chi connectivity index (χ0v) is 32.1. The average Bonchev–Trinajstić information content (AvgIpc) is 3.07. The molecule has 1 aliphatic rings. The number of hydrogen-bond acceptors (Lipinski definition) is 12. The molecule has 1 heterocycles. The zero-order valence-electron chi connectivity index (χ0n) is 32.1. The molecule has 0 saturated carbocycles. The first kappa shape index (κ1) is 49.8. The fraction of sp³-hybridized carbons (Fsp3) is 0.657. The fourth-order valence-electron chi connectivity index (χ4n) is 4.35. The van der Waals surface area contributed by atoms with Crippen LogP contribution in [0.15, 0.2) is 18.2 Å². The van der Waals surface area contributed by atoms with E-state index in [0.29, 0.717) is 5.56 Å². The second-order valence-electron chi connectivity index (χ2n) is 11.9. The molecule has 0 bridgehead atoms. The number of carboxylic acids is 1. The van der Waals surface area contributed by atoms with Gasteiger partial charge in [0, 0.05) is 32.4 Å². The maximum absolute atomic E-state index is 12.8. The molecule has 1 aromatic carbocycles. The molecule has 4 atom stereocenters. The third-order valence-electron chi connectivity index (χ3n) is 6.60. The summed E-state index contributed by atoms with van der Waals surface area (Å²) in [6.07, 6.45) is -1.95. The monoisotopic (exact) mass is 742 g/mol. The quantitative estimate of drug-likeness (QED) is 0.0831. The third kappa shape index (κ3) is 23.2. The van der Waals surface area contributed by atoms with Gasteiger partial charge in [-0.2, -0.15) is 0 Å². The molecule has 0 radical (unpaired) electrons. The molecule has 0 aliphatic carbocycles. The molecule has 4 amide bonds. The molecule has 4 unspecified atom stereocenters. The maximum Gasteiger partial charge on any atom is 0.305 e. The van der Waals surface area contributed by atoms with Gasteiger partial charge < -0.3 is 56.7 Å². The van der Waals surface area contributed by atoms with Crippen LogP contribution in [0.5, 0.6) is 5.75 Å². The number of anilines is 1. The molecule has 1 aromatic rings. The number of nitrogens with two attached hydrogens (primary N) is 1. The number of amides is 4. The zero-order chi connectivity index (χ0) is 40.2. The largest absolute Gasteiger partial charge is 0.481 e. The Morgan fingerprint density at radius 1 is 1.06 bits per heavy atom. The molecule has 1 fully saturated rings. The van der Waals surface area contributed by atoms with Crippen LogP contribution >= 0.6 is 0 Å². The lowest BCUT2D eigenvalue weighted by atomic mass is 10.0. The lowest BCUT2D eigenvalue weighted by molar-refractivity contribution is -0.184. The van der Waals surface area contributed by atoms with Crippen LogP contribution in [-0.4, -0.2) is 104 Å². The number of aliphatic hydroxyl groups is 1. The SMILES string of the molecule is CC.CC(=O)OCc1ccc(NC(=O)CNC(=O)C(NC(C)C)C(C)C)c(OC2CC(O)CC(C(=O)NCCC(=O)O)O2)c1.CCCNC.NC=O. The van der Waals surface area contributed by atoms with Gasteiger partial charge in [-0.1, -0.05) is 54.5 Å². The number of benzene rings is 1. The predicted molar refractivity (Wildman–Crippen MR) is 196 cm³/mol. The Labute approximate surface area is 307 Å². The number of esters is 1. The summed E-state index contributed by atoms with van der Waals surface area (Å²) in [6.45, 7) is 15.7. The van der Waals surface area contributed by atoms with Gasteiger partial charge in [0.05, 0.1) is 30.8 Å². The molecule has 1 aliphatic heterocycles. The molecule has 0 spiro atoms. The fourth-order valence-corrected chi connectivity index (χ4v) is 4.35. The van der Waals surface area contributed by atoms with E-state index < -0.39 is 48.3 Å². The standard InChI is InChI=1S/C28H42N4O10.C4H11N.C2H6.CH3NO/c1-15(2)26(31-16(3)4)28(39)30-13-23(35)32-20-7-6-18(14-40-17(5)33)10-21(20)41-25-12-19(34)11-22(42-25)27(38)29-9-8-24(36)37;1-3-4-5-2;1-2;2-1-3/h6-7,10,15-16,19,22,25-26,31,34H,8-9,11-14H2,1-5H3,(H,29,38)(H,30,39)(H,32,35)(H,36,37);5H,3-4H2,1-2H3;1-2H3;1H,(H2,2,3). The minimum Gasteiger partial charge on any atom is -0.481 e. The van der Waals surface area contributed by atoms with Gasteiger partial charge in [-0.3, -0.25) is 28.8 Å². The number of ether oxygens (including phenoxy) is 3. The first-order valence-electron chi connectivity index (χ1n) is 17.5. The Morgan fingerprint density at radius 3 is 2.19 bits per heavy atom. The first-order chi connectivity index (χ1) is 24.6. The van der Waals surface area contributed by atoms with Crippen molar-refractivity contribution >= 4 is 41.8 Å². The highest BCUT2D eigenvalue weighted by atomic mass is 16.7. The van der Waals surface area contributed by atoms with E-state index in [1.54, 1.807) is 6.07 Å². The number of aliphatic hydroxyl groups excluding tert-OH is 1. The van der Waals surface area contributed by atoms with Crippen molar-refractivity contribution in [3.8, 4) is 5.75 Å². The molecule has 52 heavy (non-hydrogen) atoms. The molecule has 17 nitrogen and oxygen atoms in total. The van der Waals surface area contributed by atoms with Crippen molar-refractivity contribution in [2.75, 3.05) is 32.0 Å². The van der Waals surface area contributed by atoms with Gasteiger partial charge in [0.2, 0.25) is 30.4 Å². The van der Waals surface area contributed by atoms with Crippen LogP contribution in [0.1, 0.15) is 86.6 Å². The third-order valence-corrected chi connectivity index (χ3v) is 6.60. The Bertz CT molecular complexity index is 1210. The van der Waals surface area contributed by atoms with E-state index in [9.17, 15) is 29.1 Å². The lowest BCUT2D eigenvalue weighted by Gasteiger charge is -2.32. The number of carbonyl (C=O) groups is 6. The average molecular weight is 743 g/mol. The van der Waals surface area contributed by atoms with Crippen molar-refractivity contribution < 1.29 is 53.2 Å². The maximum atomic E-state index is 12.8. The van der Waals surface area contributed by atoms with E-state index in [1.807, 2.05) is 48.6 Å². The number of primary amides is 1. The normalized spacial score (nSPS) is 16.6. The summed E-state index contributed by atoms with van der Waals surface area (Å²) in [5, 5.41) is 33.1. The van der Waals surface area contributed by atoms with Crippen molar-refractivity contribution in [2.45, 2.75) is 118 Å². The molecular weight excluding hydrogens is 680 g/mol. The van der Waals surface area contributed by atoms with Gasteiger partial charge in [0.25, 0.3) is 0 Å². The molecule has 1 saturated heterocycles. The van der Waals surface area contributed by atoms with Crippen LogP contribution in [0.4, 0.5) is 5.69 Å². The highest BCUT2D eigenvalue weighted by Gasteiger charge is 2.34. The van der Waals surface area contributed by atoms with Gasteiger partial charge in [-0.15, -0.1) is 0 Å². The molecule has 298 valence electrons. The van der Waals surface area contributed by atoms with E-state index in [4.69, 9.17) is 24.1 Å². The minimum absolute atomic E-state index is 0.00542. The molecule has 0 aromatic heterocycles. The number of aliphatic carboxylic acids is 1. The predicted octanol–water partition coefficient (Wildman–Crippen LogP) is 1.41. The Balaban J connectivity index is 0. The minimum atomic E-state index is -1.10. The van der Waals surface area contributed by atoms with Crippen molar-refractivity contribution in [3.05, 3.63) is 23.8 Å². The number of hydrogen-bond donors (Lipinski definition) is 8. The molecular formula is C35H62N6O11. The van der Waals surface area contributed by atoms with Crippen LogP contribution < -0.4 is 37.1 Å². The highest BCUT2D eigenvalue weighted by molar-refractivity contribution is 5.96. The second kappa shape index (κ2) is 29.3. The van der Waals surface area contributed by atoms with Gasteiger partial charge in [-0.25, -0.2) is 0 Å². The smallest absolute Gasteiger partial charge is 0.305 e. The van der Waals surface area contributed by atoms with Crippen molar-refractivity contribution in [2.24, 2.45) is 11.7 Å². The number of rotatable bonds is 17. The summed E-state index contributed by atoms with van der Waals surface area (Å²) < 4.78 is 16.7. The van der Waals surface area contributed by atoms with Crippen LogP contribution in [0.3, 0.4) is 0 Å². The number of carbonyl (C=O) groups excluding carboxylic acids is 5. The highest BCUT2D eigenvalue weighted by Crippen LogP contribution is 2.31. The van der Waals surface area contributed by atoms with Gasteiger partial charge >= 0.3 is 11.9 Å². The van der Waals surface area contributed by atoms with Crippen LogP contribution in [0, 0.1) is 5.92 Å². The first-order valence-corrected chi connectivity index (χ1v) is 17.5. The van der Waals surface area contributed by atoms with E-state index in [0.717, 1.165) is 6.54 Å². The van der Waals surface area contributed by atoms with Gasteiger partial charge in [-0.05, 0) is 43.6 Å². The summed E-state index contributed by atoms with van der Waals surface area (Å²) in [6, 6.07) is 4.24. The van der Waals surface area contributed by atoms with E-state index in [1.165, 1.54) is 25.5 Å². The molecule has 9 N–H and O–H groups in total. The second-order valence-corrected chi connectivity index (χ2v) is 11.9. The van der Waals surface area contributed by atoms with E-state index in [2.05, 4.69) is 39.2 Å². The number of carboxylic acid groups (broad SMARTS) is 1. The molecule has 2 rings (SSSR count). The summed E-state index contributed by atoms with van der Waals surface area (Å²) in [7, 11) is 1.96. The van der Waals surface area contributed by atoms with Crippen LogP contribution in [0.2, 0.25) is 0 Å². The van der Waals surface area contributed by atoms with Gasteiger partial charge in [0.1, 0.15) is 18.5 Å². The summed E-state index contributed by atoms with van der Waals surface area (Å²) in [5.74, 6) is -2.90. The Kier molecular flexibility index (Phi) is 28.0. The lowest BCUT2D eigenvalue weighted by Crippen LogP contribution is -2.51.